The summed E-state index contributed by atoms with van der Waals surface area (Å²) < 4.78 is 0. The van der Waals surface area contributed by atoms with Crippen LogP contribution in [0.4, 0.5) is 0 Å². The van der Waals surface area contributed by atoms with E-state index in [9.17, 15) is 9.90 Å². The summed E-state index contributed by atoms with van der Waals surface area (Å²) in [4.78, 5) is 12.7. The van der Waals surface area contributed by atoms with Crippen LogP contribution in [-0.2, 0) is 4.79 Å². The van der Waals surface area contributed by atoms with Crippen LogP contribution in [0.25, 0.3) is 0 Å². The van der Waals surface area contributed by atoms with E-state index in [0.29, 0.717) is 11.8 Å². The third kappa shape index (κ3) is 11.5. The Morgan fingerprint density at radius 1 is 0.824 bits per heavy atom. The Morgan fingerprint density at radius 3 is 1.65 bits per heavy atom. The second kappa shape index (κ2) is 17.0. The smallest absolute Gasteiger partial charge is 0.309 e. The minimum Gasteiger partial charge on any atom is -0.481 e. The highest BCUT2D eigenvalue weighted by molar-refractivity contribution is 5.75. The quantitative estimate of drug-likeness (QED) is 0.187. The largest absolute Gasteiger partial charge is 0.481 e. The summed E-state index contributed by atoms with van der Waals surface area (Å²) >= 11 is 0. The van der Waals surface area contributed by atoms with E-state index in [-0.39, 0.29) is 11.3 Å². The van der Waals surface area contributed by atoms with Crippen LogP contribution in [0.3, 0.4) is 0 Å². The summed E-state index contributed by atoms with van der Waals surface area (Å²) in [6, 6.07) is 0. The van der Waals surface area contributed by atoms with Gasteiger partial charge in [-0.1, -0.05) is 144 Å². The fourth-order valence-electron chi connectivity index (χ4n) is 6.59. The molecule has 1 N–H and O–H groups in total. The topological polar surface area (TPSA) is 37.3 Å². The van der Waals surface area contributed by atoms with Crippen LogP contribution in [0.5, 0.6) is 0 Å². The fourth-order valence-corrected chi connectivity index (χ4v) is 6.59. The Labute approximate surface area is 214 Å². The number of unbranched alkanes of at least 4 members (excludes halogenated alkanes) is 12. The average molecular weight is 479 g/mol. The molecule has 0 aromatic carbocycles. The lowest BCUT2D eigenvalue weighted by atomic mass is 9.56. The predicted octanol–water partition coefficient (Wildman–Crippen LogP) is 10.8. The van der Waals surface area contributed by atoms with Crippen molar-refractivity contribution in [3.63, 3.8) is 0 Å². The van der Waals surface area contributed by atoms with Crippen molar-refractivity contribution in [3.05, 3.63) is 0 Å². The van der Waals surface area contributed by atoms with Gasteiger partial charge in [-0.15, -0.1) is 0 Å². The van der Waals surface area contributed by atoms with Crippen molar-refractivity contribution in [2.75, 3.05) is 0 Å². The maximum Gasteiger partial charge on any atom is 0.309 e. The predicted molar refractivity (Wildman–Crippen MR) is 149 cm³/mol. The van der Waals surface area contributed by atoms with Gasteiger partial charge < -0.3 is 5.11 Å². The van der Waals surface area contributed by atoms with Gasteiger partial charge in [-0.25, -0.2) is 0 Å². The highest BCUT2D eigenvalue weighted by Gasteiger charge is 2.49. The van der Waals surface area contributed by atoms with Gasteiger partial charge in [0.15, 0.2) is 0 Å². The summed E-state index contributed by atoms with van der Waals surface area (Å²) in [7, 11) is 0. The van der Waals surface area contributed by atoms with Gasteiger partial charge in [-0.3, -0.25) is 4.79 Å². The minimum atomic E-state index is -0.503. The number of hydrogen-bond acceptors (Lipinski definition) is 1. The molecule has 0 amide bonds. The zero-order valence-electron chi connectivity index (χ0n) is 24.2. The molecule has 1 aliphatic rings. The van der Waals surface area contributed by atoms with Gasteiger partial charge in [0.2, 0.25) is 0 Å². The molecule has 4 unspecified atom stereocenters. The summed E-state index contributed by atoms with van der Waals surface area (Å²) in [5, 5.41) is 10.5. The Kier molecular flexibility index (Phi) is 15.8. The Hall–Kier alpha value is -0.530. The van der Waals surface area contributed by atoms with Crippen LogP contribution in [0.2, 0.25) is 0 Å². The monoisotopic (exact) mass is 478 g/mol. The number of rotatable bonds is 19. The van der Waals surface area contributed by atoms with E-state index in [0.717, 1.165) is 25.7 Å². The van der Waals surface area contributed by atoms with Crippen molar-refractivity contribution in [1.82, 2.24) is 0 Å². The summed E-state index contributed by atoms with van der Waals surface area (Å²) in [6.45, 7) is 13.8. The van der Waals surface area contributed by atoms with Gasteiger partial charge in [0.1, 0.15) is 0 Å². The van der Waals surface area contributed by atoms with Gasteiger partial charge in [0, 0.05) is 0 Å². The van der Waals surface area contributed by atoms with Crippen molar-refractivity contribution in [3.8, 4) is 0 Å². The summed E-state index contributed by atoms with van der Waals surface area (Å²) in [5.41, 5.74) is -0.206. The second-order valence-electron chi connectivity index (χ2n) is 13.1. The Balaban J connectivity index is 2.67. The maximum atomic E-state index is 12.7. The van der Waals surface area contributed by atoms with E-state index in [4.69, 9.17) is 0 Å². The maximum absolute atomic E-state index is 12.7. The number of carbonyl (C=O) groups is 1. The minimum absolute atomic E-state index is 0.286. The van der Waals surface area contributed by atoms with Crippen molar-refractivity contribution < 1.29 is 9.90 Å². The zero-order chi connectivity index (χ0) is 25.5. The summed E-state index contributed by atoms with van der Waals surface area (Å²) in [6.07, 6.45) is 25.3. The van der Waals surface area contributed by atoms with E-state index in [1.54, 1.807) is 0 Å². The highest BCUT2D eigenvalue weighted by Crippen LogP contribution is 2.52. The van der Waals surface area contributed by atoms with Gasteiger partial charge in [-0.2, -0.15) is 0 Å². The average Bonchev–Trinajstić information content (AvgIpc) is 2.78. The standard InChI is InChI=1S/C32H62O2/c1-7-9-11-13-15-16-18-20-22-28(21-19-17-14-12-10-8-2)26-32(30(33)34)24-23-29(25-27(32)3)31(4,5)6/h27-29H,7-26H2,1-6H3,(H,33,34). The first-order valence-corrected chi connectivity index (χ1v) is 15.4. The van der Waals surface area contributed by atoms with Crippen LogP contribution >= 0.6 is 0 Å². The number of carboxylic acids is 1. The molecule has 0 aromatic rings. The lowest BCUT2D eigenvalue weighted by Gasteiger charge is -2.47. The molecular weight excluding hydrogens is 416 g/mol. The lowest BCUT2D eigenvalue weighted by molar-refractivity contribution is -0.158. The first kappa shape index (κ1) is 31.5. The van der Waals surface area contributed by atoms with E-state index in [1.807, 2.05) is 0 Å². The molecule has 1 saturated carbocycles. The van der Waals surface area contributed by atoms with Crippen LogP contribution in [-0.4, -0.2) is 11.1 Å². The third-order valence-electron chi connectivity index (χ3n) is 9.26. The molecule has 0 aromatic heterocycles. The molecule has 1 fully saturated rings. The second-order valence-corrected chi connectivity index (χ2v) is 13.1. The molecule has 1 rings (SSSR count). The van der Waals surface area contributed by atoms with Gasteiger partial charge >= 0.3 is 5.97 Å². The fraction of sp³-hybridized carbons (Fsp3) is 0.969. The normalized spacial score (nSPS) is 24.3. The van der Waals surface area contributed by atoms with E-state index in [2.05, 4.69) is 41.5 Å². The molecule has 0 saturated heterocycles. The highest BCUT2D eigenvalue weighted by atomic mass is 16.4. The van der Waals surface area contributed by atoms with Crippen molar-refractivity contribution >= 4 is 5.97 Å². The molecule has 2 heteroatoms. The van der Waals surface area contributed by atoms with E-state index < -0.39 is 11.4 Å². The van der Waals surface area contributed by atoms with Crippen molar-refractivity contribution in [2.45, 2.75) is 170 Å². The van der Waals surface area contributed by atoms with Crippen LogP contribution < -0.4 is 0 Å². The van der Waals surface area contributed by atoms with Crippen LogP contribution in [0.1, 0.15) is 170 Å². The molecule has 34 heavy (non-hydrogen) atoms. The molecule has 1 aliphatic carbocycles. The van der Waals surface area contributed by atoms with Crippen LogP contribution in [0, 0.1) is 28.6 Å². The Bertz CT molecular complexity index is 520. The molecule has 2 nitrogen and oxygen atoms in total. The Morgan fingerprint density at radius 2 is 1.26 bits per heavy atom. The van der Waals surface area contributed by atoms with E-state index in [1.165, 1.54) is 103 Å². The molecule has 202 valence electrons. The zero-order valence-corrected chi connectivity index (χ0v) is 24.2. The van der Waals surface area contributed by atoms with E-state index >= 15 is 0 Å². The van der Waals surface area contributed by atoms with Gasteiger partial charge in [0.25, 0.3) is 0 Å². The third-order valence-corrected chi connectivity index (χ3v) is 9.26. The number of hydrogen-bond donors (Lipinski definition) is 1. The molecule has 0 bridgehead atoms. The number of carboxylic acid groups (broad SMARTS) is 1. The molecule has 4 atom stereocenters. The SMILES string of the molecule is CCCCCCCCCCC(CCCCCCCC)CC1(C(=O)O)CCC(C(C)(C)C)CC1C. The van der Waals surface area contributed by atoms with Crippen LogP contribution in [0.15, 0.2) is 0 Å². The molecular formula is C32H62O2. The van der Waals surface area contributed by atoms with Crippen molar-refractivity contribution in [2.24, 2.45) is 28.6 Å². The van der Waals surface area contributed by atoms with Gasteiger partial charge in [0.05, 0.1) is 5.41 Å². The number of aliphatic carboxylic acids is 1. The lowest BCUT2D eigenvalue weighted by Crippen LogP contribution is -2.45. The molecule has 0 heterocycles. The first-order valence-electron chi connectivity index (χ1n) is 15.4. The molecule has 0 radical (unpaired) electrons. The molecule has 0 aliphatic heterocycles. The molecule has 0 spiro atoms. The van der Waals surface area contributed by atoms with Crippen molar-refractivity contribution in [1.29, 1.82) is 0 Å². The summed E-state index contributed by atoms with van der Waals surface area (Å²) in [5.74, 6) is 1.03. The van der Waals surface area contributed by atoms with Gasteiger partial charge in [-0.05, 0) is 48.9 Å². The first-order chi connectivity index (χ1) is 16.2.